The molecule has 1 aromatic carbocycles. The first kappa shape index (κ1) is 14.6. The quantitative estimate of drug-likeness (QED) is 0.494. The maximum absolute atomic E-state index is 5.78. The number of nitrogens with one attached hydrogen (secondary N) is 2. The topological polar surface area (TPSA) is 123 Å². The molecule has 120 valence electrons. The van der Waals surface area contributed by atoms with Crippen LogP contribution in [0.25, 0.3) is 17.0 Å². The predicted octanol–water partition coefficient (Wildman–Crippen LogP) is 2.33. The van der Waals surface area contributed by atoms with Crippen LogP contribution >= 0.6 is 15.9 Å². The number of hydrogen-bond donors (Lipinski definition) is 3. The Labute approximate surface area is 144 Å². The summed E-state index contributed by atoms with van der Waals surface area (Å²) in [5.74, 6) is 2.23. The Morgan fingerprint density at radius 3 is 2.79 bits per heavy atom. The Hall–Kier alpha value is -3.01. The lowest BCUT2D eigenvalue weighted by Gasteiger charge is -2.08. The maximum Gasteiger partial charge on any atom is 0.242 e. The first-order valence-electron chi connectivity index (χ1n) is 7.03. The van der Waals surface area contributed by atoms with E-state index in [1.807, 2.05) is 18.2 Å². The van der Waals surface area contributed by atoms with Crippen molar-refractivity contribution in [2.45, 2.75) is 6.92 Å². The number of H-pyrrole nitrogens is 1. The molecule has 4 N–H and O–H groups in total. The molecular weight excluding hydrogens is 374 g/mol. The zero-order valence-electron chi connectivity index (χ0n) is 12.5. The summed E-state index contributed by atoms with van der Waals surface area (Å²) in [4.78, 5) is 17.2. The lowest BCUT2D eigenvalue weighted by molar-refractivity contribution is 0.892. The number of imidazole rings is 1. The summed E-state index contributed by atoms with van der Waals surface area (Å²) in [5.41, 5.74) is 7.39. The Kier molecular flexibility index (Phi) is 3.38. The van der Waals surface area contributed by atoms with Crippen LogP contribution in [-0.4, -0.2) is 34.7 Å². The molecule has 4 aromatic rings. The summed E-state index contributed by atoms with van der Waals surface area (Å²) in [5, 5.41) is 10.00. The highest BCUT2D eigenvalue weighted by Crippen LogP contribution is 2.27. The van der Waals surface area contributed by atoms with Crippen molar-refractivity contribution < 1.29 is 0 Å². The fourth-order valence-electron chi connectivity index (χ4n) is 2.37. The Balaban J connectivity index is 1.97. The number of anilines is 3. The van der Waals surface area contributed by atoms with Gasteiger partial charge in [-0.05, 0) is 25.1 Å². The van der Waals surface area contributed by atoms with Crippen LogP contribution in [-0.2, 0) is 0 Å². The van der Waals surface area contributed by atoms with E-state index in [4.69, 9.17) is 5.73 Å². The van der Waals surface area contributed by atoms with Crippen molar-refractivity contribution in [3.05, 3.63) is 40.8 Å². The molecule has 0 spiro atoms. The first-order valence-corrected chi connectivity index (χ1v) is 7.83. The highest BCUT2D eigenvalue weighted by Gasteiger charge is 2.17. The second kappa shape index (κ2) is 5.57. The Bertz CT molecular complexity index is 1000. The number of nitrogen functional groups attached to an aromatic ring is 1. The summed E-state index contributed by atoms with van der Waals surface area (Å²) >= 11 is 3.48. The van der Waals surface area contributed by atoms with Gasteiger partial charge >= 0.3 is 0 Å². The number of benzene rings is 1. The van der Waals surface area contributed by atoms with Crippen LogP contribution in [0, 0.1) is 6.92 Å². The number of fused-ring (bicyclic) bond motifs is 1. The van der Waals surface area contributed by atoms with Gasteiger partial charge in [-0.1, -0.05) is 15.9 Å². The molecule has 0 fully saturated rings. The van der Waals surface area contributed by atoms with Crippen molar-refractivity contribution in [3.63, 3.8) is 0 Å². The van der Waals surface area contributed by atoms with Gasteiger partial charge in [0.25, 0.3) is 0 Å². The number of aromatic amines is 1. The number of aromatic nitrogens is 7. The van der Waals surface area contributed by atoms with Gasteiger partial charge in [0.15, 0.2) is 5.82 Å². The average molecular weight is 386 g/mol. The standard InChI is InChI=1S/C14H12BrN9/c1-7-18-12(16)22-13(19-7)24-10-6-8(15)2-3-9(10)20-14(24)21-11-4-5-17-23-11/h2-6H,1H3,(H2,16,18,19,22)(H2,17,20,21,23). The first-order chi connectivity index (χ1) is 11.6. The van der Waals surface area contributed by atoms with Gasteiger partial charge in [-0.3, -0.25) is 5.10 Å². The molecule has 0 radical (unpaired) electrons. The van der Waals surface area contributed by atoms with Crippen LogP contribution in [0.2, 0.25) is 0 Å². The van der Waals surface area contributed by atoms with Crippen molar-refractivity contribution in [2.24, 2.45) is 0 Å². The summed E-state index contributed by atoms with van der Waals surface area (Å²) < 4.78 is 2.70. The number of nitrogens with zero attached hydrogens (tertiary/aromatic N) is 6. The second-order valence-corrected chi connectivity index (χ2v) is 5.94. The number of halogens is 1. The molecule has 10 heteroatoms. The number of hydrogen-bond acceptors (Lipinski definition) is 7. The average Bonchev–Trinajstić information content (AvgIpc) is 3.13. The molecule has 0 saturated carbocycles. The molecule has 0 unspecified atom stereocenters. The molecule has 4 rings (SSSR count). The van der Waals surface area contributed by atoms with Crippen molar-refractivity contribution in [2.75, 3.05) is 11.1 Å². The van der Waals surface area contributed by atoms with Crippen molar-refractivity contribution in [1.82, 2.24) is 34.7 Å². The fraction of sp³-hybridized carbons (Fsp3) is 0.0714. The summed E-state index contributed by atoms with van der Waals surface area (Å²) in [6.07, 6.45) is 1.72. The van der Waals surface area contributed by atoms with Gasteiger partial charge in [0, 0.05) is 16.7 Å². The molecule has 24 heavy (non-hydrogen) atoms. The third-order valence-electron chi connectivity index (χ3n) is 3.31. The molecule has 0 saturated heterocycles. The van der Waals surface area contributed by atoms with Crippen LogP contribution in [0.15, 0.2) is 34.9 Å². The van der Waals surface area contributed by atoms with E-state index >= 15 is 0 Å². The zero-order chi connectivity index (χ0) is 16.7. The minimum atomic E-state index is 0.153. The van der Waals surface area contributed by atoms with E-state index in [1.54, 1.807) is 23.8 Å². The van der Waals surface area contributed by atoms with E-state index in [2.05, 4.69) is 51.4 Å². The summed E-state index contributed by atoms with van der Waals surface area (Å²) in [6.45, 7) is 1.76. The van der Waals surface area contributed by atoms with Gasteiger partial charge in [0.1, 0.15) is 5.82 Å². The highest BCUT2D eigenvalue weighted by atomic mass is 79.9. The lowest BCUT2D eigenvalue weighted by atomic mass is 10.3. The summed E-state index contributed by atoms with van der Waals surface area (Å²) in [7, 11) is 0. The molecule has 9 nitrogen and oxygen atoms in total. The number of aryl methyl sites for hydroxylation is 1. The smallest absolute Gasteiger partial charge is 0.242 e. The van der Waals surface area contributed by atoms with Crippen molar-refractivity contribution in [1.29, 1.82) is 0 Å². The van der Waals surface area contributed by atoms with Gasteiger partial charge in [-0.15, -0.1) is 0 Å². The lowest BCUT2D eigenvalue weighted by Crippen LogP contribution is -2.10. The van der Waals surface area contributed by atoms with Gasteiger partial charge < -0.3 is 11.1 Å². The second-order valence-electron chi connectivity index (χ2n) is 5.03. The van der Waals surface area contributed by atoms with E-state index in [0.717, 1.165) is 15.5 Å². The van der Waals surface area contributed by atoms with E-state index in [-0.39, 0.29) is 5.95 Å². The third kappa shape index (κ3) is 2.56. The zero-order valence-corrected chi connectivity index (χ0v) is 14.1. The largest absolute Gasteiger partial charge is 0.368 e. The molecule has 0 aliphatic heterocycles. The Morgan fingerprint density at radius 1 is 1.17 bits per heavy atom. The van der Waals surface area contributed by atoms with E-state index in [1.165, 1.54) is 0 Å². The Morgan fingerprint density at radius 2 is 2.04 bits per heavy atom. The van der Waals surface area contributed by atoms with Crippen LogP contribution in [0.5, 0.6) is 0 Å². The molecule has 0 aliphatic carbocycles. The molecule has 3 heterocycles. The minimum absolute atomic E-state index is 0.153. The molecule has 0 aliphatic rings. The third-order valence-corrected chi connectivity index (χ3v) is 3.80. The van der Waals surface area contributed by atoms with Gasteiger partial charge in [0.2, 0.25) is 17.8 Å². The molecule has 0 atom stereocenters. The van der Waals surface area contributed by atoms with Gasteiger partial charge in [0.05, 0.1) is 11.0 Å². The SMILES string of the molecule is Cc1nc(N)nc(-n2c(Nc3cc[nH]n3)nc3ccc(Br)cc32)n1. The number of rotatable bonds is 3. The fourth-order valence-corrected chi connectivity index (χ4v) is 2.72. The highest BCUT2D eigenvalue weighted by molar-refractivity contribution is 9.10. The van der Waals surface area contributed by atoms with Crippen LogP contribution in [0.3, 0.4) is 0 Å². The van der Waals surface area contributed by atoms with E-state index in [9.17, 15) is 0 Å². The minimum Gasteiger partial charge on any atom is -0.368 e. The predicted molar refractivity (Wildman–Crippen MR) is 93.2 cm³/mol. The number of nitrogens with two attached hydrogens (primary N) is 1. The van der Waals surface area contributed by atoms with Gasteiger partial charge in [-0.25, -0.2) is 9.55 Å². The van der Waals surface area contributed by atoms with Crippen LogP contribution < -0.4 is 11.1 Å². The normalized spacial score (nSPS) is 11.1. The maximum atomic E-state index is 5.78. The molecule has 3 aromatic heterocycles. The van der Waals surface area contributed by atoms with Gasteiger partial charge in [-0.2, -0.15) is 20.1 Å². The molecule has 0 bridgehead atoms. The van der Waals surface area contributed by atoms with Crippen molar-refractivity contribution >= 4 is 44.7 Å². The van der Waals surface area contributed by atoms with Crippen molar-refractivity contribution in [3.8, 4) is 5.95 Å². The molecular formula is C14H12BrN9. The summed E-state index contributed by atoms with van der Waals surface area (Å²) in [6, 6.07) is 7.56. The van der Waals surface area contributed by atoms with E-state index in [0.29, 0.717) is 23.5 Å². The van der Waals surface area contributed by atoms with E-state index < -0.39 is 0 Å². The molecule has 0 amide bonds. The van der Waals surface area contributed by atoms with Crippen LogP contribution in [0.1, 0.15) is 5.82 Å². The monoisotopic (exact) mass is 385 g/mol. The van der Waals surface area contributed by atoms with Crippen LogP contribution in [0.4, 0.5) is 17.7 Å².